The van der Waals surface area contributed by atoms with E-state index in [1.54, 1.807) is 13.2 Å². The molecular formula is C16H18BrN3O2. The van der Waals surface area contributed by atoms with E-state index in [0.29, 0.717) is 17.2 Å². The van der Waals surface area contributed by atoms with Gasteiger partial charge in [-0.1, -0.05) is 0 Å². The second kappa shape index (κ2) is 6.12. The topological polar surface area (TPSA) is 47.4 Å². The van der Waals surface area contributed by atoms with Gasteiger partial charge in [0.05, 0.1) is 18.9 Å². The van der Waals surface area contributed by atoms with E-state index in [4.69, 9.17) is 4.74 Å². The Balaban J connectivity index is 1.61. The Hall–Kier alpha value is -1.82. The van der Waals surface area contributed by atoms with Gasteiger partial charge in [0.1, 0.15) is 5.75 Å². The predicted octanol–water partition coefficient (Wildman–Crippen LogP) is 2.73. The number of amides is 1. The number of ether oxygens (including phenoxy) is 1. The normalized spacial score (nSPS) is 14.8. The van der Waals surface area contributed by atoms with Crippen molar-refractivity contribution in [2.24, 2.45) is 5.92 Å². The zero-order valence-electron chi connectivity index (χ0n) is 12.6. The number of aryl methyl sites for hydroxylation is 1. The van der Waals surface area contributed by atoms with Crippen molar-refractivity contribution in [3.8, 4) is 5.75 Å². The first-order valence-electron chi connectivity index (χ1n) is 7.18. The highest BCUT2D eigenvalue weighted by atomic mass is 79.9. The monoisotopic (exact) mass is 363 g/mol. The Bertz CT molecular complexity index is 692. The number of rotatable bonds is 4. The number of halogens is 1. The molecule has 3 rings (SSSR count). The first-order chi connectivity index (χ1) is 10.6. The van der Waals surface area contributed by atoms with Gasteiger partial charge in [0.25, 0.3) is 5.91 Å². The molecule has 0 bridgehead atoms. The van der Waals surface area contributed by atoms with Crippen molar-refractivity contribution in [2.75, 3.05) is 20.2 Å². The SMILES string of the molecule is COc1ccc(Br)c(C(=O)N2CC(Cn3cc(C)cn3)C2)c1. The molecule has 0 spiro atoms. The molecule has 2 aromatic rings. The van der Waals surface area contributed by atoms with Gasteiger partial charge in [-0.05, 0) is 46.6 Å². The summed E-state index contributed by atoms with van der Waals surface area (Å²) in [6.45, 7) is 4.42. The van der Waals surface area contributed by atoms with Gasteiger partial charge in [-0.25, -0.2) is 0 Å². The summed E-state index contributed by atoms with van der Waals surface area (Å²) in [6, 6.07) is 5.45. The van der Waals surface area contributed by atoms with Gasteiger partial charge in [0.15, 0.2) is 0 Å². The molecular weight excluding hydrogens is 346 g/mol. The molecule has 0 saturated carbocycles. The average molecular weight is 364 g/mol. The van der Waals surface area contributed by atoms with Crippen LogP contribution < -0.4 is 4.74 Å². The first-order valence-corrected chi connectivity index (χ1v) is 7.98. The van der Waals surface area contributed by atoms with Crippen LogP contribution in [-0.2, 0) is 6.54 Å². The molecule has 0 N–H and O–H groups in total. The lowest BCUT2D eigenvalue weighted by molar-refractivity contribution is 0.0460. The molecule has 0 unspecified atom stereocenters. The maximum atomic E-state index is 12.5. The van der Waals surface area contributed by atoms with Crippen molar-refractivity contribution in [3.05, 3.63) is 46.2 Å². The molecule has 0 radical (unpaired) electrons. The lowest BCUT2D eigenvalue weighted by Gasteiger charge is -2.39. The van der Waals surface area contributed by atoms with Crippen molar-refractivity contribution in [1.82, 2.24) is 14.7 Å². The standard InChI is InChI=1S/C16H18BrN3O2/c1-11-6-18-20(7-11)10-12-8-19(9-12)16(21)14-5-13(22-2)3-4-15(14)17/h3-7,12H,8-10H2,1-2H3. The Morgan fingerprint density at radius 1 is 1.45 bits per heavy atom. The third-order valence-corrected chi connectivity index (χ3v) is 4.55. The average Bonchev–Trinajstić information content (AvgIpc) is 2.88. The Kier molecular flexibility index (Phi) is 4.20. The van der Waals surface area contributed by atoms with Crippen LogP contribution in [0.2, 0.25) is 0 Å². The van der Waals surface area contributed by atoms with Crippen LogP contribution in [0.1, 0.15) is 15.9 Å². The second-order valence-electron chi connectivity index (χ2n) is 5.66. The highest BCUT2D eigenvalue weighted by Gasteiger charge is 2.32. The van der Waals surface area contributed by atoms with Crippen molar-refractivity contribution in [1.29, 1.82) is 0 Å². The molecule has 22 heavy (non-hydrogen) atoms. The van der Waals surface area contributed by atoms with E-state index in [9.17, 15) is 4.79 Å². The van der Waals surface area contributed by atoms with E-state index in [2.05, 4.69) is 21.0 Å². The van der Waals surface area contributed by atoms with E-state index < -0.39 is 0 Å². The Morgan fingerprint density at radius 2 is 2.23 bits per heavy atom. The highest BCUT2D eigenvalue weighted by Crippen LogP contribution is 2.27. The number of hydrogen-bond acceptors (Lipinski definition) is 3. The minimum Gasteiger partial charge on any atom is -0.497 e. The van der Waals surface area contributed by atoms with Gasteiger partial charge in [0.2, 0.25) is 0 Å². The lowest BCUT2D eigenvalue weighted by atomic mass is 9.99. The molecule has 1 aliphatic rings. The third-order valence-electron chi connectivity index (χ3n) is 3.86. The van der Waals surface area contributed by atoms with E-state index >= 15 is 0 Å². The quantitative estimate of drug-likeness (QED) is 0.838. The number of likely N-dealkylation sites (tertiary alicyclic amines) is 1. The van der Waals surface area contributed by atoms with Crippen LogP contribution in [0, 0.1) is 12.8 Å². The lowest BCUT2D eigenvalue weighted by Crippen LogP contribution is -2.51. The fourth-order valence-electron chi connectivity index (χ4n) is 2.65. The van der Waals surface area contributed by atoms with Gasteiger partial charge in [-0.3, -0.25) is 9.48 Å². The summed E-state index contributed by atoms with van der Waals surface area (Å²) in [5, 5.41) is 4.29. The van der Waals surface area contributed by atoms with Crippen LogP contribution in [0.25, 0.3) is 0 Å². The van der Waals surface area contributed by atoms with Gasteiger partial charge in [-0.2, -0.15) is 5.10 Å². The molecule has 1 aliphatic heterocycles. The van der Waals surface area contributed by atoms with Crippen LogP contribution in [-0.4, -0.2) is 40.8 Å². The molecule has 6 heteroatoms. The van der Waals surface area contributed by atoms with Crippen LogP contribution in [0.4, 0.5) is 0 Å². The number of nitrogens with zero attached hydrogens (tertiary/aromatic N) is 3. The molecule has 116 valence electrons. The minimum absolute atomic E-state index is 0.0404. The van der Waals surface area contributed by atoms with Crippen molar-refractivity contribution in [3.63, 3.8) is 0 Å². The van der Waals surface area contributed by atoms with E-state index in [1.165, 1.54) is 0 Å². The summed E-state index contributed by atoms with van der Waals surface area (Å²) in [6.07, 6.45) is 3.89. The molecule has 2 heterocycles. The summed E-state index contributed by atoms with van der Waals surface area (Å²) < 4.78 is 7.93. The van der Waals surface area contributed by atoms with Crippen LogP contribution >= 0.6 is 15.9 Å². The van der Waals surface area contributed by atoms with Crippen molar-refractivity contribution in [2.45, 2.75) is 13.5 Å². The molecule has 1 aromatic heterocycles. The fraction of sp³-hybridized carbons (Fsp3) is 0.375. The van der Waals surface area contributed by atoms with Crippen molar-refractivity contribution < 1.29 is 9.53 Å². The minimum atomic E-state index is 0.0404. The Morgan fingerprint density at radius 3 is 2.86 bits per heavy atom. The summed E-state index contributed by atoms with van der Waals surface area (Å²) in [7, 11) is 1.60. The number of aromatic nitrogens is 2. The van der Waals surface area contributed by atoms with E-state index in [1.807, 2.05) is 41.0 Å². The highest BCUT2D eigenvalue weighted by molar-refractivity contribution is 9.10. The number of carbonyl (C=O) groups excluding carboxylic acids is 1. The summed E-state index contributed by atoms with van der Waals surface area (Å²) in [5.41, 5.74) is 1.81. The van der Waals surface area contributed by atoms with Crippen LogP contribution in [0.5, 0.6) is 5.75 Å². The molecule has 0 aliphatic carbocycles. The van der Waals surface area contributed by atoms with Gasteiger partial charge < -0.3 is 9.64 Å². The van der Waals surface area contributed by atoms with Crippen LogP contribution in [0.3, 0.4) is 0 Å². The maximum absolute atomic E-state index is 12.5. The predicted molar refractivity (Wildman–Crippen MR) is 87.1 cm³/mol. The summed E-state index contributed by atoms with van der Waals surface area (Å²) in [5.74, 6) is 1.20. The Labute approximate surface area is 138 Å². The number of methoxy groups -OCH3 is 1. The maximum Gasteiger partial charge on any atom is 0.255 e. The molecule has 5 nitrogen and oxygen atoms in total. The number of carbonyl (C=O) groups is 1. The molecule has 1 fully saturated rings. The van der Waals surface area contributed by atoms with E-state index in [0.717, 1.165) is 29.7 Å². The molecule has 1 saturated heterocycles. The van der Waals surface area contributed by atoms with Gasteiger partial charge in [-0.15, -0.1) is 0 Å². The number of benzene rings is 1. The number of hydrogen-bond donors (Lipinski definition) is 0. The largest absolute Gasteiger partial charge is 0.497 e. The first kappa shape index (κ1) is 15.1. The van der Waals surface area contributed by atoms with E-state index in [-0.39, 0.29) is 5.91 Å². The molecule has 1 aromatic carbocycles. The molecule has 0 atom stereocenters. The zero-order valence-corrected chi connectivity index (χ0v) is 14.2. The van der Waals surface area contributed by atoms with Gasteiger partial charge >= 0.3 is 0 Å². The van der Waals surface area contributed by atoms with Crippen LogP contribution in [0.15, 0.2) is 35.1 Å². The summed E-state index contributed by atoms with van der Waals surface area (Å²) >= 11 is 3.44. The second-order valence-corrected chi connectivity index (χ2v) is 6.52. The smallest absolute Gasteiger partial charge is 0.255 e. The third kappa shape index (κ3) is 3.02. The van der Waals surface area contributed by atoms with Gasteiger partial charge in [0, 0.05) is 36.2 Å². The summed E-state index contributed by atoms with van der Waals surface area (Å²) in [4.78, 5) is 14.4. The fourth-order valence-corrected chi connectivity index (χ4v) is 3.06. The molecule has 1 amide bonds. The zero-order chi connectivity index (χ0) is 15.7. The van der Waals surface area contributed by atoms with Crippen molar-refractivity contribution >= 4 is 21.8 Å².